The summed E-state index contributed by atoms with van der Waals surface area (Å²) in [6.07, 6.45) is 1.83. The van der Waals surface area contributed by atoms with E-state index in [9.17, 15) is 9.18 Å². The molecule has 0 aliphatic carbocycles. The van der Waals surface area contributed by atoms with Crippen molar-refractivity contribution in [3.8, 4) is 0 Å². The van der Waals surface area contributed by atoms with E-state index in [1.165, 1.54) is 12.1 Å². The Kier molecular flexibility index (Phi) is 3.57. The number of benzene rings is 2. The summed E-state index contributed by atoms with van der Waals surface area (Å²) in [5.74, 6) is -0.746. The number of fused-ring (bicyclic) bond motifs is 1. The van der Waals surface area contributed by atoms with Gasteiger partial charge in [-0.3, -0.25) is 4.79 Å². The maximum atomic E-state index is 13.9. The first-order chi connectivity index (χ1) is 9.66. The fourth-order valence-electron chi connectivity index (χ4n) is 2.54. The normalized spacial score (nSPS) is 13.5. The topological polar surface area (TPSA) is 29.1 Å². The van der Waals surface area contributed by atoms with Crippen LogP contribution >= 0.6 is 15.9 Å². The van der Waals surface area contributed by atoms with E-state index < -0.39 is 5.82 Å². The molecule has 1 aliphatic heterocycles. The largest absolute Gasteiger partial charge is 0.385 e. The van der Waals surface area contributed by atoms with Crippen LogP contribution in [-0.2, 0) is 6.42 Å². The van der Waals surface area contributed by atoms with Gasteiger partial charge in [-0.2, -0.15) is 0 Å². The van der Waals surface area contributed by atoms with Crippen LogP contribution in [-0.4, -0.2) is 12.3 Å². The third-order valence-electron chi connectivity index (χ3n) is 3.51. The molecule has 0 saturated heterocycles. The minimum absolute atomic E-state index is 0.110. The van der Waals surface area contributed by atoms with Crippen LogP contribution in [0.3, 0.4) is 0 Å². The van der Waals surface area contributed by atoms with Crippen LogP contribution in [0.5, 0.6) is 0 Å². The van der Waals surface area contributed by atoms with Gasteiger partial charge in [0.25, 0.3) is 0 Å². The Balaban J connectivity index is 2.09. The van der Waals surface area contributed by atoms with Gasteiger partial charge in [0.2, 0.25) is 0 Å². The van der Waals surface area contributed by atoms with E-state index in [-0.39, 0.29) is 11.3 Å². The summed E-state index contributed by atoms with van der Waals surface area (Å²) < 4.78 is 14.6. The predicted molar refractivity (Wildman–Crippen MR) is 80.8 cm³/mol. The molecule has 2 nitrogen and oxygen atoms in total. The van der Waals surface area contributed by atoms with E-state index in [2.05, 4.69) is 21.2 Å². The lowest BCUT2D eigenvalue weighted by atomic mass is 9.92. The second-order valence-corrected chi connectivity index (χ2v) is 5.73. The maximum absolute atomic E-state index is 13.9. The third kappa shape index (κ3) is 2.36. The van der Waals surface area contributed by atoms with E-state index in [0.717, 1.165) is 30.6 Å². The van der Waals surface area contributed by atoms with E-state index in [0.29, 0.717) is 10.0 Å². The van der Waals surface area contributed by atoms with Crippen molar-refractivity contribution in [1.82, 2.24) is 0 Å². The number of anilines is 1. The van der Waals surface area contributed by atoms with Gasteiger partial charge in [0.15, 0.2) is 5.78 Å². The molecule has 1 aliphatic rings. The van der Waals surface area contributed by atoms with Crippen molar-refractivity contribution in [2.75, 3.05) is 11.9 Å². The molecule has 1 N–H and O–H groups in total. The fourth-order valence-corrected chi connectivity index (χ4v) is 2.90. The molecular weight excluding hydrogens is 321 g/mol. The quantitative estimate of drug-likeness (QED) is 0.835. The Bertz CT molecular complexity index is 684. The van der Waals surface area contributed by atoms with Crippen LogP contribution in [0.25, 0.3) is 0 Å². The summed E-state index contributed by atoms with van der Waals surface area (Å²) in [5.41, 5.74) is 2.67. The van der Waals surface area contributed by atoms with Gasteiger partial charge in [0.1, 0.15) is 5.82 Å². The zero-order chi connectivity index (χ0) is 14.1. The van der Waals surface area contributed by atoms with Crippen molar-refractivity contribution in [1.29, 1.82) is 0 Å². The van der Waals surface area contributed by atoms with Gasteiger partial charge < -0.3 is 5.32 Å². The standard InChI is InChI=1S/C16H13BrFNO/c17-10-6-7-14(18)13(9-10)16(20)12-3-1-5-15-11(12)4-2-8-19-15/h1,3,5-7,9,19H,2,4,8H2. The molecule has 0 spiro atoms. The number of carbonyl (C=O) groups is 1. The minimum atomic E-state index is -0.487. The average Bonchev–Trinajstić information content (AvgIpc) is 2.48. The van der Waals surface area contributed by atoms with Crippen LogP contribution in [0.4, 0.5) is 10.1 Å². The van der Waals surface area contributed by atoms with Gasteiger partial charge in [-0.25, -0.2) is 4.39 Å². The Morgan fingerprint density at radius 2 is 2.05 bits per heavy atom. The van der Waals surface area contributed by atoms with E-state index in [1.54, 1.807) is 12.1 Å². The molecule has 2 aromatic rings. The van der Waals surface area contributed by atoms with Crippen molar-refractivity contribution in [2.24, 2.45) is 0 Å². The first kappa shape index (κ1) is 13.3. The Morgan fingerprint density at radius 1 is 1.20 bits per heavy atom. The second kappa shape index (κ2) is 5.37. The SMILES string of the molecule is O=C(c1cc(Br)ccc1F)c1cccc2c1CCCN2. The molecular formula is C16H13BrFNO. The molecule has 102 valence electrons. The number of rotatable bonds is 2. The number of nitrogens with one attached hydrogen (secondary N) is 1. The number of hydrogen-bond acceptors (Lipinski definition) is 2. The van der Waals surface area contributed by atoms with Gasteiger partial charge in [-0.1, -0.05) is 28.1 Å². The lowest BCUT2D eigenvalue weighted by molar-refractivity contribution is 0.103. The maximum Gasteiger partial charge on any atom is 0.196 e. The van der Waals surface area contributed by atoms with Crippen molar-refractivity contribution < 1.29 is 9.18 Å². The molecule has 20 heavy (non-hydrogen) atoms. The van der Waals surface area contributed by atoms with E-state index in [4.69, 9.17) is 0 Å². The summed E-state index contributed by atoms with van der Waals surface area (Å²) in [6.45, 7) is 0.913. The van der Waals surface area contributed by atoms with E-state index >= 15 is 0 Å². The number of ketones is 1. The van der Waals surface area contributed by atoms with Crippen LogP contribution in [0, 0.1) is 5.82 Å². The van der Waals surface area contributed by atoms with Gasteiger partial charge in [0.05, 0.1) is 5.56 Å². The van der Waals surface area contributed by atoms with Crippen LogP contribution in [0.1, 0.15) is 27.9 Å². The van der Waals surface area contributed by atoms with Crippen LogP contribution in [0.2, 0.25) is 0 Å². The first-order valence-corrected chi connectivity index (χ1v) is 7.31. The molecule has 0 unspecified atom stereocenters. The van der Waals surface area contributed by atoms with Gasteiger partial charge in [-0.05, 0) is 42.7 Å². The lowest BCUT2D eigenvalue weighted by Crippen LogP contribution is -2.16. The highest BCUT2D eigenvalue weighted by atomic mass is 79.9. The fraction of sp³-hybridized carbons (Fsp3) is 0.188. The highest BCUT2D eigenvalue weighted by molar-refractivity contribution is 9.10. The highest BCUT2D eigenvalue weighted by Crippen LogP contribution is 2.28. The second-order valence-electron chi connectivity index (χ2n) is 4.82. The average molecular weight is 334 g/mol. The Labute approximate surface area is 125 Å². The van der Waals surface area contributed by atoms with Crippen molar-refractivity contribution >= 4 is 27.4 Å². The molecule has 0 amide bonds. The van der Waals surface area contributed by atoms with Crippen molar-refractivity contribution in [3.63, 3.8) is 0 Å². The molecule has 3 rings (SSSR count). The van der Waals surface area contributed by atoms with Gasteiger partial charge in [0, 0.05) is 22.3 Å². The highest BCUT2D eigenvalue weighted by Gasteiger charge is 2.20. The Hall–Kier alpha value is -1.68. The van der Waals surface area contributed by atoms with Crippen LogP contribution < -0.4 is 5.32 Å². The molecule has 2 aromatic carbocycles. The Morgan fingerprint density at radius 3 is 2.90 bits per heavy atom. The number of carbonyl (C=O) groups excluding carboxylic acids is 1. The number of halogens is 2. The zero-order valence-corrected chi connectivity index (χ0v) is 12.3. The third-order valence-corrected chi connectivity index (χ3v) is 4.01. The summed E-state index contributed by atoms with van der Waals surface area (Å²) in [6, 6.07) is 10.0. The summed E-state index contributed by atoms with van der Waals surface area (Å²) in [4.78, 5) is 12.6. The molecule has 0 bridgehead atoms. The predicted octanol–water partition coefficient (Wildman–Crippen LogP) is 4.18. The van der Waals surface area contributed by atoms with Crippen molar-refractivity contribution in [2.45, 2.75) is 12.8 Å². The van der Waals surface area contributed by atoms with Gasteiger partial charge in [-0.15, -0.1) is 0 Å². The molecule has 0 atom stereocenters. The molecule has 1 heterocycles. The number of hydrogen-bond donors (Lipinski definition) is 1. The van der Waals surface area contributed by atoms with Crippen LogP contribution in [0.15, 0.2) is 40.9 Å². The molecule has 0 radical (unpaired) electrons. The smallest absolute Gasteiger partial charge is 0.196 e. The summed E-state index contributed by atoms with van der Waals surface area (Å²) in [7, 11) is 0. The first-order valence-electron chi connectivity index (χ1n) is 6.52. The zero-order valence-electron chi connectivity index (χ0n) is 10.7. The monoisotopic (exact) mass is 333 g/mol. The van der Waals surface area contributed by atoms with Crippen molar-refractivity contribution in [3.05, 3.63) is 63.4 Å². The van der Waals surface area contributed by atoms with Gasteiger partial charge >= 0.3 is 0 Å². The molecule has 0 saturated carbocycles. The summed E-state index contributed by atoms with van der Waals surface area (Å²) >= 11 is 3.28. The molecule has 4 heteroatoms. The minimum Gasteiger partial charge on any atom is -0.385 e. The lowest BCUT2D eigenvalue weighted by Gasteiger charge is -2.20. The van der Waals surface area contributed by atoms with E-state index in [1.807, 2.05) is 12.1 Å². The molecule has 0 fully saturated rings. The summed E-state index contributed by atoms with van der Waals surface area (Å²) in [5, 5.41) is 3.28. The molecule has 0 aromatic heterocycles.